The molecule has 66 valence electrons. The van der Waals surface area contributed by atoms with Gasteiger partial charge < -0.3 is 9.94 Å². The number of aromatic nitrogens is 4. The quantitative estimate of drug-likeness (QED) is 0.560. The summed E-state index contributed by atoms with van der Waals surface area (Å²) in [5, 5.41) is 18.8. The van der Waals surface area contributed by atoms with Crippen molar-refractivity contribution >= 4 is 5.97 Å². The number of tetrazole rings is 1. The van der Waals surface area contributed by atoms with Gasteiger partial charge in [0.2, 0.25) is 5.82 Å². The van der Waals surface area contributed by atoms with Crippen molar-refractivity contribution in [1.29, 1.82) is 0 Å². The molecule has 1 aromatic rings. The van der Waals surface area contributed by atoms with Crippen LogP contribution >= 0.6 is 0 Å². The van der Waals surface area contributed by atoms with Crippen LogP contribution in [0.3, 0.4) is 0 Å². The highest BCUT2D eigenvalue weighted by molar-refractivity contribution is 5.68. The molecule has 7 heteroatoms. The van der Waals surface area contributed by atoms with Gasteiger partial charge in [-0.1, -0.05) is 12.0 Å². The van der Waals surface area contributed by atoms with Crippen LogP contribution in [0, 0.1) is 0 Å². The first kappa shape index (κ1) is 8.60. The second-order valence-corrected chi connectivity index (χ2v) is 1.93. The van der Waals surface area contributed by atoms with Crippen molar-refractivity contribution in [2.24, 2.45) is 0 Å². The summed E-state index contributed by atoms with van der Waals surface area (Å²) in [4.78, 5) is 15.9. The molecule has 0 aromatic carbocycles. The van der Waals surface area contributed by atoms with Gasteiger partial charge >= 0.3 is 5.97 Å². The van der Waals surface area contributed by atoms with Crippen molar-refractivity contribution in [2.75, 3.05) is 0 Å². The Bertz CT molecular complexity index is 271. The largest absolute Gasteiger partial charge is 0.388 e. The zero-order chi connectivity index (χ0) is 8.97. The van der Waals surface area contributed by atoms with Gasteiger partial charge in [-0.15, -0.1) is 5.10 Å². The molecule has 0 spiro atoms. The standard InChI is InChI=1S/C5H8N4O3/c1-2-5(11)12-9-7-4(3-10)6-8-9/h10H,2-3H2,1H3. The number of rotatable bonds is 3. The lowest BCUT2D eigenvalue weighted by Gasteiger charge is -1.94. The minimum Gasteiger partial charge on any atom is -0.388 e. The van der Waals surface area contributed by atoms with Crippen LogP contribution in [0.4, 0.5) is 0 Å². The summed E-state index contributed by atoms with van der Waals surface area (Å²) < 4.78 is 0. The third kappa shape index (κ3) is 1.99. The van der Waals surface area contributed by atoms with Crippen LogP contribution in [0.1, 0.15) is 19.2 Å². The second kappa shape index (κ2) is 3.77. The molecule has 0 aliphatic rings. The van der Waals surface area contributed by atoms with Crippen molar-refractivity contribution in [3.63, 3.8) is 0 Å². The lowest BCUT2D eigenvalue weighted by molar-refractivity contribution is -0.147. The smallest absolute Gasteiger partial charge is 0.336 e. The Labute approximate surface area is 67.9 Å². The first-order valence-corrected chi connectivity index (χ1v) is 3.37. The molecule has 12 heavy (non-hydrogen) atoms. The van der Waals surface area contributed by atoms with E-state index < -0.39 is 5.97 Å². The molecule has 7 nitrogen and oxygen atoms in total. The van der Waals surface area contributed by atoms with Crippen LogP contribution < -0.4 is 4.84 Å². The van der Waals surface area contributed by atoms with E-state index in [1.54, 1.807) is 6.92 Å². The first-order chi connectivity index (χ1) is 5.76. The molecule has 0 amide bonds. The summed E-state index contributed by atoms with van der Waals surface area (Å²) >= 11 is 0. The van der Waals surface area contributed by atoms with Crippen LogP contribution in [-0.4, -0.2) is 31.4 Å². The van der Waals surface area contributed by atoms with Gasteiger partial charge in [-0.3, -0.25) is 0 Å². The Balaban J connectivity index is 2.58. The fourth-order valence-corrected chi connectivity index (χ4v) is 0.486. The van der Waals surface area contributed by atoms with Crippen molar-refractivity contribution < 1.29 is 14.7 Å². The summed E-state index contributed by atoms with van der Waals surface area (Å²) in [5.74, 6) is -0.351. The van der Waals surface area contributed by atoms with E-state index in [9.17, 15) is 4.79 Å². The molecule has 0 bridgehead atoms. The highest BCUT2D eigenvalue weighted by Crippen LogP contribution is 1.84. The molecule has 1 heterocycles. The highest BCUT2D eigenvalue weighted by atomic mass is 16.7. The van der Waals surface area contributed by atoms with E-state index >= 15 is 0 Å². The zero-order valence-corrected chi connectivity index (χ0v) is 6.47. The Hall–Kier alpha value is -1.50. The van der Waals surface area contributed by atoms with E-state index in [-0.39, 0.29) is 18.9 Å². The van der Waals surface area contributed by atoms with E-state index in [0.717, 1.165) is 0 Å². The minimum absolute atomic E-state index is 0.110. The fraction of sp³-hybridized carbons (Fsp3) is 0.600. The maximum absolute atomic E-state index is 10.7. The van der Waals surface area contributed by atoms with Gasteiger partial charge in [0.25, 0.3) is 0 Å². The van der Waals surface area contributed by atoms with Gasteiger partial charge in [-0.05, 0) is 5.21 Å². The lowest BCUT2D eigenvalue weighted by Crippen LogP contribution is -2.21. The van der Waals surface area contributed by atoms with Crippen LogP contribution in [0.25, 0.3) is 0 Å². The molecular weight excluding hydrogens is 164 g/mol. The summed E-state index contributed by atoms with van der Waals surface area (Å²) in [5.41, 5.74) is 0. The first-order valence-electron chi connectivity index (χ1n) is 3.37. The molecule has 0 atom stereocenters. The molecule has 0 aliphatic heterocycles. The molecule has 0 unspecified atom stereocenters. The summed E-state index contributed by atoms with van der Waals surface area (Å²) in [6.07, 6.45) is 0.232. The topological polar surface area (TPSA) is 90.1 Å². The molecular formula is C5H8N4O3. The van der Waals surface area contributed by atoms with Crippen molar-refractivity contribution in [3.05, 3.63) is 5.82 Å². The molecule has 1 rings (SSSR count). The SMILES string of the molecule is CCC(=O)On1nnc(CO)n1. The van der Waals surface area contributed by atoms with Gasteiger partial charge in [0.05, 0.1) is 0 Å². The van der Waals surface area contributed by atoms with Crippen molar-refractivity contribution in [3.8, 4) is 0 Å². The molecule has 1 N–H and O–H groups in total. The molecule has 0 fully saturated rings. The number of hydrogen-bond donors (Lipinski definition) is 1. The summed E-state index contributed by atoms with van der Waals surface area (Å²) in [7, 11) is 0. The average molecular weight is 172 g/mol. The Morgan fingerprint density at radius 3 is 3.00 bits per heavy atom. The van der Waals surface area contributed by atoms with E-state index in [1.807, 2.05) is 0 Å². The van der Waals surface area contributed by atoms with Gasteiger partial charge in [0.1, 0.15) is 6.61 Å². The fourth-order valence-electron chi connectivity index (χ4n) is 0.486. The predicted molar refractivity (Wildman–Crippen MR) is 35.6 cm³/mol. The Morgan fingerprint density at radius 1 is 1.75 bits per heavy atom. The molecule has 1 aromatic heterocycles. The molecule has 0 radical (unpaired) electrons. The predicted octanol–water partition coefficient (Wildman–Crippen LogP) is -1.47. The number of nitrogens with zero attached hydrogens (tertiary/aromatic N) is 4. The van der Waals surface area contributed by atoms with Crippen LogP contribution in [0.2, 0.25) is 0 Å². The van der Waals surface area contributed by atoms with Gasteiger partial charge in [-0.25, -0.2) is 4.79 Å². The highest BCUT2D eigenvalue weighted by Gasteiger charge is 2.04. The molecule has 0 aliphatic carbocycles. The number of aliphatic hydroxyl groups is 1. The Kier molecular flexibility index (Phi) is 2.70. The van der Waals surface area contributed by atoms with Gasteiger partial charge in [0, 0.05) is 11.4 Å². The van der Waals surface area contributed by atoms with Crippen LogP contribution in [0.15, 0.2) is 0 Å². The third-order valence-electron chi connectivity index (χ3n) is 1.05. The van der Waals surface area contributed by atoms with Crippen LogP contribution in [-0.2, 0) is 11.4 Å². The zero-order valence-electron chi connectivity index (χ0n) is 6.47. The second-order valence-electron chi connectivity index (χ2n) is 1.93. The number of hydrogen-bond acceptors (Lipinski definition) is 6. The normalized spacial score (nSPS) is 9.83. The monoisotopic (exact) mass is 172 g/mol. The summed E-state index contributed by atoms with van der Waals surface area (Å²) in [6.45, 7) is 1.32. The van der Waals surface area contributed by atoms with E-state index in [0.29, 0.717) is 4.96 Å². The number of carbonyl (C=O) groups is 1. The van der Waals surface area contributed by atoms with Crippen molar-refractivity contribution in [1.82, 2.24) is 20.4 Å². The molecule has 0 saturated carbocycles. The molecule has 0 saturated heterocycles. The number of aliphatic hydroxyl groups excluding tert-OH is 1. The maximum atomic E-state index is 10.7. The lowest BCUT2D eigenvalue weighted by atomic mass is 10.5. The van der Waals surface area contributed by atoms with E-state index in [4.69, 9.17) is 5.11 Å². The van der Waals surface area contributed by atoms with Gasteiger partial charge in [0.15, 0.2) is 0 Å². The van der Waals surface area contributed by atoms with Crippen LogP contribution in [0.5, 0.6) is 0 Å². The van der Waals surface area contributed by atoms with E-state index in [2.05, 4.69) is 20.2 Å². The average Bonchev–Trinajstić information content (AvgIpc) is 2.52. The van der Waals surface area contributed by atoms with E-state index in [1.165, 1.54) is 0 Å². The van der Waals surface area contributed by atoms with Gasteiger partial charge in [-0.2, -0.15) is 0 Å². The minimum atomic E-state index is -0.461. The number of carbonyl (C=O) groups excluding carboxylic acids is 1. The maximum Gasteiger partial charge on any atom is 0.336 e. The third-order valence-corrected chi connectivity index (χ3v) is 1.05. The summed E-state index contributed by atoms with van der Waals surface area (Å²) in [6, 6.07) is 0. The Morgan fingerprint density at radius 2 is 2.50 bits per heavy atom. The van der Waals surface area contributed by atoms with Crippen molar-refractivity contribution in [2.45, 2.75) is 20.0 Å².